The maximum absolute atomic E-state index is 4.73. The average Bonchev–Trinajstić information content (AvgIpc) is 3.31. The molecule has 4 aromatic rings. The summed E-state index contributed by atoms with van der Waals surface area (Å²) < 4.78 is 1.79. The van der Waals surface area contributed by atoms with Crippen LogP contribution in [0.5, 0.6) is 0 Å². The van der Waals surface area contributed by atoms with Gasteiger partial charge in [0.15, 0.2) is 0 Å². The van der Waals surface area contributed by atoms with Crippen molar-refractivity contribution in [1.82, 2.24) is 30.2 Å². The smallest absolute Gasteiger partial charge is 0.220 e. The fourth-order valence-corrected chi connectivity index (χ4v) is 5.76. The third kappa shape index (κ3) is 2.52. The van der Waals surface area contributed by atoms with Gasteiger partial charge in [0, 0.05) is 10.3 Å². The van der Waals surface area contributed by atoms with Crippen LogP contribution in [0.2, 0.25) is 0 Å². The first-order valence-corrected chi connectivity index (χ1v) is 10.1. The monoisotopic (exact) mass is 380 g/mol. The lowest BCUT2D eigenvalue weighted by Crippen LogP contribution is -2.01. The van der Waals surface area contributed by atoms with Crippen molar-refractivity contribution < 1.29 is 0 Å². The van der Waals surface area contributed by atoms with Crippen molar-refractivity contribution in [2.75, 3.05) is 0 Å². The lowest BCUT2D eigenvalue weighted by Gasteiger charge is -2.08. The third-order valence-corrected chi connectivity index (χ3v) is 6.73. The van der Waals surface area contributed by atoms with E-state index in [-0.39, 0.29) is 0 Å². The predicted molar refractivity (Wildman–Crippen MR) is 102 cm³/mol. The van der Waals surface area contributed by atoms with E-state index < -0.39 is 0 Å². The molecule has 1 aliphatic rings. The molecule has 5 rings (SSSR count). The molecule has 0 bridgehead atoms. The lowest BCUT2D eigenvalue weighted by molar-refractivity contribution is 0.751. The lowest BCUT2D eigenvalue weighted by atomic mass is 10.2. The van der Waals surface area contributed by atoms with Gasteiger partial charge >= 0.3 is 0 Å². The number of aryl methyl sites for hydroxylation is 4. The Bertz CT molecular complexity index is 1130. The summed E-state index contributed by atoms with van der Waals surface area (Å²) in [6, 6.07) is 8.10. The second-order valence-electron chi connectivity index (χ2n) is 6.38. The van der Waals surface area contributed by atoms with Crippen molar-refractivity contribution in [3.8, 4) is 5.69 Å². The number of hydrogen-bond acceptors (Lipinski definition) is 7. The highest BCUT2D eigenvalue weighted by molar-refractivity contribution is 7.99. The molecule has 0 unspecified atom stereocenters. The van der Waals surface area contributed by atoms with E-state index in [4.69, 9.17) is 4.98 Å². The molecular formula is C18H16N6S2. The Kier molecular flexibility index (Phi) is 3.75. The highest BCUT2D eigenvalue weighted by Crippen LogP contribution is 2.41. The first kappa shape index (κ1) is 15.9. The molecule has 0 amide bonds. The predicted octanol–water partition coefficient (Wildman–Crippen LogP) is 3.92. The van der Waals surface area contributed by atoms with Crippen LogP contribution in [0.3, 0.4) is 0 Å². The van der Waals surface area contributed by atoms with Gasteiger partial charge < -0.3 is 0 Å². The van der Waals surface area contributed by atoms with Gasteiger partial charge in [-0.15, -0.1) is 16.4 Å². The maximum Gasteiger partial charge on any atom is 0.220 e. The van der Waals surface area contributed by atoms with E-state index in [0.29, 0.717) is 0 Å². The number of rotatable bonds is 3. The van der Waals surface area contributed by atoms with Crippen LogP contribution in [0, 0.1) is 13.8 Å². The minimum absolute atomic E-state index is 0.719. The number of para-hydroxylation sites is 1. The van der Waals surface area contributed by atoms with Crippen LogP contribution in [0.15, 0.2) is 34.4 Å². The van der Waals surface area contributed by atoms with Crippen molar-refractivity contribution in [3.05, 3.63) is 46.1 Å². The van der Waals surface area contributed by atoms with Crippen molar-refractivity contribution in [2.45, 2.75) is 43.3 Å². The van der Waals surface area contributed by atoms with Gasteiger partial charge in [-0.05, 0) is 72.5 Å². The molecule has 0 spiro atoms. The zero-order valence-corrected chi connectivity index (χ0v) is 16.1. The van der Waals surface area contributed by atoms with E-state index in [9.17, 15) is 0 Å². The standard InChI is InChI=1S/C18H16N6S2/c1-10-6-3-4-8-13(10)24-18(21-22-23-24)26-17-15-12-7-5-9-14(12)25-16(15)19-11(2)20-17/h3-4,6,8H,5,7,9H2,1-2H3. The summed E-state index contributed by atoms with van der Waals surface area (Å²) in [5, 5.41) is 15.2. The van der Waals surface area contributed by atoms with Crippen LogP contribution in [0.25, 0.3) is 15.9 Å². The van der Waals surface area contributed by atoms with Gasteiger partial charge in [-0.1, -0.05) is 18.2 Å². The second-order valence-corrected chi connectivity index (χ2v) is 8.41. The van der Waals surface area contributed by atoms with Crippen molar-refractivity contribution in [3.63, 3.8) is 0 Å². The normalized spacial score (nSPS) is 13.5. The van der Waals surface area contributed by atoms with Crippen LogP contribution < -0.4 is 0 Å². The Balaban J connectivity index is 1.64. The number of aromatic nitrogens is 6. The number of hydrogen-bond donors (Lipinski definition) is 0. The topological polar surface area (TPSA) is 69.4 Å². The number of tetrazole rings is 1. The molecule has 1 aromatic carbocycles. The Hall–Kier alpha value is -2.32. The summed E-state index contributed by atoms with van der Waals surface area (Å²) in [5.41, 5.74) is 3.53. The van der Waals surface area contributed by atoms with Gasteiger partial charge in [-0.3, -0.25) is 0 Å². The fraction of sp³-hybridized carbons (Fsp3) is 0.278. The van der Waals surface area contributed by atoms with Crippen molar-refractivity contribution in [2.24, 2.45) is 0 Å². The number of thiophene rings is 1. The third-order valence-electron chi connectivity index (χ3n) is 4.62. The number of fused-ring (bicyclic) bond motifs is 3. The van der Waals surface area contributed by atoms with E-state index in [1.807, 2.05) is 36.5 Å². The molecule has 0 N–H and O–H groups in total. The molecule has 0 saturated carbocycles. The minimum Gasteiger partial charge on any atom is -0.226 e. The Labute approximate surface area is 158 Å². The minimum atomic E-state index is 0.719. The average molecular weight is 381 g/mol. The van der Waals surface area contributed by atoms with Crippen molar-refractivity contribution in [1.29, 1.82) is 0 Å². The summed E-state index contributed by atoms with van der Waals surface area (Å²) in [4.78, 5) is 11.9. The van der Waals surface area contributed by atoms with Gasteiger partial charge in [-0.25, -0.2) is 9.97 Å². The molecule has 26 heavy (non-hydrogen) atoms. The molecule has 3 heterocycles. The molecule has 3 aromatic heterocycles. The zero-order valence-electron chi connectivity index (χ0n) is 14.4. The summed E-state index contributed by atoms with van der Waals surface area (Å²) in [6.45, 7) is 4.00. The Morgan fingerprint density at radius 2 is 2.00 bits per heavy atom. The van der Waals surface area contributed by atoms with Gasteiger partial charge in [0.25, 0.3) is 0 Å². The molecule has 0 saturated heterocycles. The van der Waals surface area contributed by atoms with Crippen LogP contribution in [0.1, 0.15) is 28.2 Å². The van der Waals surface area contributed by atoms with E-state index in [1.54, 1.807) is 4.68 Å². The SMILES string of the molecule is Cc1nc(Sc2nnnn2-c2ccccc2C)c2c3c(sc2n1)CCC3. The summed E-state index contributed by atoms with van der Waals surface area (Å²) in [6.07, 6.45) is 3.48. The summed E-state index contributed by atoms with van der Waals surface area (Å²) in [7, 11) is 0. The van der Waals surface area contributed by atoms with E-state index >= 15 is 0 Å². The van der Waals surface area contributed by atoms with Gasteiger partial charge in [0.2, 0.25) is 5.16 Å². The first-order chi connectivity index (χ1) is 12.7. The van der Waals surface area contributed by atoms with Crippen LogP contribution in [0.4, 0.5) is 0 Å². The summed E-state index contributed by atoms with van der Waals surface area (Å²) in [5.74, 6) is 0.787. The fourth-order valence-electron chi connectivity index (χ4n) is 3.42. The van der Waals surface area contributed by atoms with Crippen molar-refractivity contribution >= 4 is 33.3 Å². The first-order valence-electron chi connectivity index (χ1n) is 8.52. The van der Waals surface area contributed by atoms with E-state index in [0.717, 1.165) is 44.9 Å². The van der Waals surface area contributed by atoms with Gasteiger partial charge in [0.05, 0.1) is 5.69 Å². The van der Waals surface area contributed by atoms with Crippen LogP contribution in [-0.4, -0.2) is 30.2 Å². The van der Waals surface area contributed by atoms with Gasteiger partial charge in [-0.2, -0.15) is 4.68 Å². The molecule has 0 fully saturated rings. The molecule has 0 atom stereocenters. The quantitative estimate of drug-likeness (QED) is 0.502. The molecule has 1 aliphatic carbocycles. The van der Waals surface area contributed by atoms with E-state index in [2.05, 4.69) is 33.5 Å². The number of benzene rings is 1. The van der Waals surface area contributed by atoms with Gasteiger partial charge in [0.1, 0.15) is 15.7 Å². The molecule has 0 radical (unpaired) electrons. The largest absolute Gasteiger partial charge is 0.226 e. The van der Waals surface area contributed by atoms with Crippen LogP contribution >= 0.6 is 23.1 Å². The molecule has 6 nitrogen and oxygen atoms in total. The highest BCUT2D eigenvalue weighted by atomic mass is 32.2. The maximum atomic E-state index is 4.73. The number of nitrogens with zero attached hydrogens (tertiary/aromatic N) is 6. The zero-order chi connectivity index (χ0) is 17.7. The summed E-state index contributed by atoms with van der Waals surface area (Å²) >= 11 is 3.33. The Morgan fingerprint density at radius 3 is 2.88 bits per heavy atom. The highest BCUT2D eigenvalue weighted by Gasteiger charge is 2.23. The molecular weight excluding hydrogens is 364 g/mol. The van der Waals surface area contributed by atoms with Crippen LogP contribution in [-0.2, 0) is 12.8 Å². The Morgan fingerprint density at radius 1 is 1.12 bits per heavy atom. The second kappa shape index (κ2) is 6.14. The molecule has 8 heteroatoms. The molecule has 0 aliphatic heterocycles. The van der Waals surface area contributed by atoms with E-state index in [1.165, 1.54) is 34.0 Å². The molecule has 130 valence electrons.